The third-order valence-corrected chi connectivity index (χ3v) is 5.36. The van der Waals surface area contributed by atoms with Crippen LogP contribution >= 0.6 is 0 Å². The van der Waals surface area contributed by atoms with E-state index in [0.29, 0.717) is 6.61 Å². The van der Waals surface area contributed by atoms with Crippen LogP contribution < -0.4 is 0 Å². The van der Waals surface area contributed by atoms with Gasteiger partial charge in [-0.1, -0.05) is 67.1 Å². The van der Waals surface area contributed by atoms with Gasteiger partial charge >= 0.3 is 0 Å². The Bertz CT molecular complexity index is 622. The molecule has 0 radical (unpaired) electrons. The highest BCUT2D eigenvalue weighted by Gasteiger charge is 2.51. The second kappa shape index (κ2) is 6.32. The Morgan fingerprint density at radius 3 is 1.92 bits per heavy atom. The molecule has 1 atom stereocenters. The van der Waals surface area contributed by atoms with Gasteiger partial charge in [-0.05, 0) is 24.0 Å². The monoisotopic (exact) mass is 324 g/mol. The predicted octanol–water partition coefficient (Wildman–Crippen LogP) is 4.00. The fourth-order valence-electron chi connectivity index (χ4n) is 4.04. The molecule has 2 aliphatic rings. The molecule has 4 rings (SSSR count). The summed E-state index contributed by atoms with van der Waals surface area (Å²) in [7, 11) is 0. The number of hydrogen-bond acceptors (Lipinski definition) is 3. The molecule has 0 unspecified atom stereocenters. The first-order chi connectivity index (χ1) is 11.7. The van der Waals surface area contributed by atoms with Crippen LogP contribution in [0.4, 0.5) is 0 Å². The average molecular weight is 324 g/mol. The second-order valence-electron chi connectivity index (χ2n) is 6.89. The van der Waals surface area contributed by atoms with Gasteiger partial charge in [-0.15, -0.1) is 0 Å². The number of rotatable bonds is 3. The molecule has 0 bridgehead atoms. The Morgan fingerprint density at radius 2 is 1.38 bits per heavy atom. The first-order valence-corrected chi connectivity index (χ1v) is 8.88. The molecule has 1 saturated carbocycles. The van der Waals surface area contributed by atoms with Crippen LogP contribution in [0.2, 0.25) is 0 Å². The number of benzene rings is 2. The van der Waals surface area contributed by atoms with E-state index in [0.717, 1.165) is 36.8 Å². The summed E-state index contributed by atoms with van der Waals surface area (Å²) in [6.07, 6.45) is 4.93. The maximum Gasteiger partial charge on any atom is 0.169 e. The van der Waals surface area contributed by atoms with Crippen molar-refractivity contribution in [1.29, 1.82) is 0 Å². The maximum absolute atomic E-state index is 11.8. The summed E-state index contributed by atoms with van der Waals surface area (Å²) in [5.41, 5.74) is 0.485. The van der Waals surface area contributed by atoms with Gasteiger partial charge < -0.3 is 14.6 Å². The van der Waals surface area contributed by atoms with Gasteiger partial charge in [0.2, 0.25) is 0 Å². The Hall–Kier alpha value is -1.68. The molecule has 3 nitrogen and oxygen atoms in total. The molecule has 2 fully saturated rings. The lowest BCUT2D eigenvalue weighted by Crippen LogP contribution is -2.44. The van der Waals surface area contributed by atoms with Crippen molar-refractivity contribution in [2.45, 2.75) is 49.6 Å². The van der Waals surface area contributed by atoms with Crippen molar-refractivity contribution in [2.75, 3.05) is 6.61 Å². The molecule has 2 aromatic rings. The van der Waals surface area contributed by atoms with Crippen molar-refractivity contribution >= 4 is 0 Å². The molecule has 0 amide bonds. The van der Waals surface area contributed by atoms with Crippen molar-refractivity contribution < 1.29 is 14.6 Å². The van der Waals surface area contributed by atoms with Gasteiger partial charge in [-0.2, -0.15) is 0 Å². The molecule has 1 aliphatic carbocycles. The Kier molecular flexibility index (Phi) is 4.17. The largest absolute Gasteiger partial charge is 0.378 e. The number of hydrogen-bond donors (Lipinski definition) is 1. The van der Waals surface area contributed by atoms with E-state index < -0.39 is 17.5 Å². The average Bonchev–Trinajstić information content (AvgIpc) is 3.07. The summed E-state index contributed by atoms with van der Waals surface area (Å²) in [4.78, 5) is 0. The van der Waals surface area contributed by atoms with Crippen LogP contribution in [0.15, 0.2) is 60.7 Å². The van der Waals surface area contributed by atoms with E-state index in [1.807, 2.05) is 60.7 Å². The number of aliphatic hydroxyl groups is 1. The third kappa shape index (κ3) is 2.67. The standard InChI is InChI=1S/C21H24O3/c22-21(17-10-4-1-5-11-17,18-12-6-2-7-13-18)19-16-23-20(24-19)14-8-3-9-15-20/h1-2,4-7,10-13,19,22H,3,8-9,14-16H2/t19-/m1/s1. The highest BCUT2D eigenvalue weighted by molar-refractivity contribution is 5.38. The van der Waals surface area contributed by atoms with Gasteiger partial charge in [-0.3, -0.25) is 0 Å². The van der Waals surface area contributed by atoms with Crippen LogP contribution in [0.1, 0.15) is 43.2 Å². The molecule has 0 aromatic heterocycles. The lowest BCUT2D eigenvalue weighted by molar-refractivity contribution is -0.204. The molecule has 24 heavy (non-hydrogen) atoms. The topological polar surface area (TPSA) is 38.7 Å². The third-order valence-electron chi connectivity index (χ3n) is 5.36. The summed E-state index contributed by atoms with van der Waals surface area (Å²) >= 11 is 0. The minimum atomic E-state index is -1.20. The van der Waals surface area contributed by atoms with E-state index in [4.69, 9.17) is 9.47 Å². The molecule has 2 aromatic carbocycles. The van der Waals surface area contributed by atoms with E-state index in [9.17, 15) is 5.11 Å². The maximum atomic E-state index is 11.8. The van der Waals surface area contributed by atoms with Crippen molar-refractivity contribution in [2.24, 2.45) is 0 Å². The molecular weight excluding hydrogens is 300 g/mol. The lowest BCUT2D eigenvalue weighted by atomic mass is 9.82. The molecule has 1 spiro atoms. The summed E-state index contributed by atoms with van der Waals surface area (Å²) in [5, 5.41) is 11.8. The van der Waals surface area contributed by atoms with Crippen LogP contribution in [0.3, 0.4) is 0 Å². The zero-order chi connectivity index (χ0) is 16.5. The summed E-state index contributed by atoms with van der Waals surface area (Å²) in [5.74, 6) is -0.500. The van der Waals surface area contributed by atoms with Gasteiger partial charge in [0.1, 0.15) is 11.7 Å². The SMILES string of the molecule is OC(c1ccccc1)(c1ccccc1)[C@H]1COC2(CCCCC2)O1. The Balaban J connectivity index is 1.72. The van der Waals surface area contributed by atoms with Crippen LogP contribution in [-0.2, 0) is 15.1 Å². The van der Waals surface area contributed by atoms with Gasteiger partial charge in [0.05, 0.1) is 6.61 Å². The van der Waals surface area contributed by atoms with Gasteiger partial charge in [-0.25, -0.2) is 0 Å². The molecular formula is C21H24O3. The quantitative estimate of drug-likeness (QED) is 0.927. The van der Waals surface area contributed by atoms with Gasteiger partial charge in [0, 0.05) is 12.8 Å². The normalized spacial score (nSPS) is 23.5. The van der Waals surface area contributed by atoms with E-state index in [-0.39, 0.29) is 0 Å². The van der Waals surface area contributed by atoms with Crippen LogP contribution in [-0.4, -0.2) is 23.6 Å². The van der Waals surface area contributed by atoms with E-state index in [2.05, 4.69) is 0 Å². The Labute approximate surface area is 143 Å². The molecule has 1 heterocycles. The fourth-order valence-corrected chi connectivity index (χ4v) is 4.04. The molecule has 126 valence electrons. The lowest BCUT2D eigenvalue weighted by Gasteiger charge is -2.37. The van der Waals surface area contributed by atoms with Crippen molar-refractivity contribution in [3.05, 3.63) is 71.8 Å². The smallest absolute Gasteiger partial charge is 0.169 e. The highest BCUT2D eigenvalue weighted by atomic mass is 16.7. The van der Waals surface area contributed by atoms with Crippen molar-refractivity contribution in [3.8, 4) is 0 Å². The highest BCUT2D eigenvalue weighted by Crippen LogP contribution is 2.44. The van der Waals surface area contributed by atoms with Gasteiger partial charge in [0.25, 0.3) is 0 Å². The Morgan fingerprint density at radius 1 is 0.833 bits per heavy atom. The van der Waals surface area contributed by atoms with E-state index in [1.54, 1.807) is 0 Å². The minimum Gasteiger partial charge on any atom is -0.378 e. The van der Waals surface area contributed by atoms with Gasteiger partial charge in [0.15, 0.2) is 5.79 Å². The van der Waals surface area contributed by atoms with E-state index >= 15 is 0 Å². The second-order valence-corrected chi connectivity index (χ2v) is 6.89. The first-order valence-electron chi connectivity index (χ1n) is 8.88. The first kappa shape index (κ1) is 15.8. The molecule has 3 heteroatoms. The minimum absolute atomic E-state index is 0.402. The summed E-state index contributed by atoms with van der Waals surface area (Å²) in [6, 6.07) is 19.6. The van der Waals surface area contributed by atoms with Crippen LogP contribution in [0.5, 0.6) is 0 Å². The van der Waals surface area contributed by atoms with Crippen molar-refractivity contribution in [3.63, 3.8) is 0 Å². The van der Waals surface area contributed by atoms with Crippen molar-refractivity contribution in [1.82, 2.24) is 0 Å². The predicted molar refractivity (Wildman–Crippen MR) is 92.5 cm³/mol. The number of ether oxygens (including phenoxy) is 2. The van der Waals surface area contributed by atoms with Crippen LogP contribution in [0, 0.1) is 0 Å². The molecule has 1 aliphatic heterocycles. The van der Waals surface area contributed by atoms with Crippen LogP contribution in [0.25, 0.3) is 0 Å². The zero-order valence-electron chi connectivity index (χ0n) is 13.9. The summed E-state index contributed by atoms with van der Waals surface area (Å²) < 4.78 is 12.5. The zero-order valence-corrected chi connectivity index (χ0v) is 13.9. The molecule has 1 N–H and O–H groups in total. The van der Waals surface area contributed by atoms with E-state index in [1.165, 1.54) is 6.42 Å². The fraction of sp³-hybridized carbons (Fsp3) is 0.429. The molecule has 1 saturated heterocycles. The summed E-state index contributed by atoms with van der Waals surface area (Å²) in [6.45, 7) is 0.417.